The maximum atomic E-state index is 11.6. The first-order valence-electron chi connectivity index (χ1n) is 5.89. The van der Waals surface area contributed by atoms with Gasteiger partial charge in [0.25, 0.3) is 0 Å². The first-order chi connectivity index (χ1) is 8.65. The van der Waals surface area contributed by atoms with Crippen LogP contribution >= 0.6 is 0 Å². The van der Waals surface area contributed by atoms with Gasteiger partial charge < -0.3 is 20.5 Å². The highest BCUT2D eigenvalue weighted by molar-refractivity contribution is 5.94. The molecule has 18 heavy (non-hydrogen) atoms. The zero-order chi connectivity index (χ0) is 13.0. The molecule has 98 valence electrons. The Morgan fingerprint density at radius 2 is 2.44 bits per heavy atom. The third-order valence-corrected chi connectivity index (χ3v) is 2.70. The van der Waals surface area contributed by atoms with Crippen molar-refractivity contribution >= 4 is 17.6 Å². The van der Waals surface area contributed by atoms with Crippen LogP contribution in [0, 0.1) is 6.92 Å². The van der Waals surface area contributed by atoms with E-state index in [0.717, 1.165) is 19.4 Å². The summed E-state index contributed by atoms with van der Waals surface area (Å²) in [5, 5.41) is 11.8. The van der Waals surface area contributed by atoms with Gasteiger partial charge in [-0.25, -0.2) is 0 Å². The standard InChI is InChI=1S/C11H16N4O3/c1-7-5-9(15-18-7)14-10(16)6-13-11(17)8-3-2-4-12-8/h5,8,12H,2-4,6H2,1H3,(H,13,17)(H,14,15,16)/t8-/m0/s1. The van der Waals surface area contributed by atoms with E-state index in [0.29, 0.717) is 11.6 Å². The van der Waals surface area contributed by atoms with Gasteiger partial charge in [-0.15, -0.1) is 0 Å². The van der Waals surface area contributed by atoms with Gasteiger partial charge in [0.2, 0.25) is 11.8 Å². The Kier molecular flexibility index (Phi) is 3.93. The number of hydrogen-bond donors (Lipinski definition) is 3. The highest BCUT2D eigenvalue weighted by atomic mass is 16.5. The van der Waals surface area contributed by atoms with E-state index in [-0.39, 0.29) is 24.4 Å². The summed E-state index contributed by atoms with van der Waals surface area (Å²) in [7, 11) is 0. The predicted octanol–water partition coefficient (Wildman–Crippen LogP) is -0.210. The smallest absolute Gasteiger partial charge is 0.245 e. The molecule has 0 aliphatic carbocycles. The minimum atomic E-state index is -0.324. The monoisotopic (exact) mass is 252 g/mol. The molecule has 0 spiro atoms. The van der Waals surface area contributed by atoms with Crippen molar-refractivity contribution in [2.75, 3.05) is 18.4 Å². The third kappa shape index (κ3) is 3.30. The summed E-state index contributed by atoms with van der Waals surface area (Å²) >= 11 is 0. The topological polar surface area (TPSA) is 96.3 Å². The van der Waals surface area contributed by atoms with E-state index in [2.05, 4.69) is 21.1 Å². The van der Waals surface area contributed by atoms with E-state index in [1.165, 1.54) is 0 Å². The van der Waals surface area contributed by atoms with Gasteiger partial charge in [-0.1, -0.05) is 5.16 Å². The van der Waals surface area contributed by atoms with Crippen LogP contribution in [0.1, 0.15) is 18.6 Å². The molecule has 7 heteroatoms. The third-order valence-electron chi connectivity index (χ3n) is 2.70. The van der Waals surface area contributed by atoms with Crippen molar-refractivity contribution in [2.24, 2.45) is 0 Å². The molecule has 7 nitrogen and oxygen atoms in total. The number of aromatic nitrogens is 1. The highest BCUT2D eigenvalue weighted by Crippen LogP contribution is 2.06. The molecule has 0 saturated carbocycles. The van der Waals surface area contributed by atoms with E-state index in [9.17, 15) is 9.59 Å². The Labute approximate surface area is 104 Å². The van der Waals surface area contributed by atoms with Crippen LogP contribution in [0.2, 0.25) is 0 Å². The van der Waals surface area contributed by atoms with Gasteiger partial charge in [0.05, 0.1) is 12.6 Å². The number of amides is 2. The minimum absolute atomic E-state index is 0.0665. The van der Waals surface area contributed by atoms with Crippen molar-refractivity contribution in [2.45, 2.75) is 25.8 Å². The largest absolute Gasteiger partial charge is 0.360 e. The second kappa shape index (κ2) is 5.63. The maximum absolute atomic E-state index is 11.6. The van der Waals surface area contributed by atoms with Crippen molar-refractivity contribution in [3.63, 3.8) is 0 Å². The van der Waals surface area contributed by atoms with E-state index in [4.69, 9.17) is 4.52 Å². The van der Waals surface area contributed by atoms with Crippen LogP contribution in [0.25, 0.3) is 0 Å². The molecule has 1 aromatic heterocycles. The fourth-order valence-electron chi connectivity index (χ4n) is 1.81. The Balaban J connectivity index is 1.72. The summed E-state index contributed by atoms with van der Waals surface area (Å²) < 4.78 is 4.81. The van der Waals surface area contributed by atoms with E-state index in [1.807, 2.05) is 0 Å². The van der Waals surface area contributed by atoms with Crippen LogP contribution < -0.4 is 16.0 Å². The molecule has 1 aliphatic heterocycles. The summed E-state index contributed by atoms with van der Waals surface area (Å²) in [6.45, 7) is 2.52. The summed E-state index contributed by atoms with van der Waals surface area (Å²) in [6, 6.07) is 1.44. The number of carbonyl (C=O) groups is 2. The zero-order valence-corrected chi connectivity index (χ0v) is 10.2. The van der Waals surface area contributed by atoms with Gasteiger partial charge in [-0.2, -0.15) is 0 Å². The van der Waals surface area contributed by atoms with Crippen LogP contribution in [-0.4, -0.2) is 36.1 Å². The second-order valence-electron chi connectivity index (χ2n) is 4.24. The predicted molar refractivity (Wildman–Crippen MR) is 63.9 cm³/mol. The molecule has 1 saturated heterocycles. The first-order valence-corrected chi connectivity index (χ1v) is 5.89. The van der Waals surface area contributed by atoms with Gasteiger partial charge in [-0.3, -0.25) is 9.59 Å². The molecule has 3 N–H and O–H groups in total. The molecule has 1 fully saturated rings. The highest BCUT2D eigenvalue weighted by Gasteiger charge is 2.22. The van der Waals surface area contributed by atoms with Gasteiger partial charge >= 0.3 is 0 Å². The Bertz CT molecular complexity index is 437. The van der Waals surface area contributed by atoms with Crippen LogP contribution in [-0.2, 0) is 9.59 Å². The molecule has 0 radical (unpaired) electrons. The van der Waals surface area contributed by atoms with Crippen molar-refractivity contribution in [3.05, 3.63) is 11.8 Å². The molecule has 0 aromatic carbocycles. The number of aryl methyl sites for hydroxylation is 1. The molecule has 2 heterocycles. The summed E-state index contributed by atoms with van der Waals surface area (Å²) in [5.74, 6) is 0.504. The molecule has 0 unspecified atom stereocenters. The van der Waals surface area contributed by atoms with Gasteiger partial charge in [0.1, 0.15) is 5.76 Å². The van der Waals surface area contributed by atoms with Crippen molar-refractivity contribution in [3.8, 4) is 0 Å². The molecular weight excluding hydrogens is 236 g/mol. The summed E-state index contributed by atoms with van der Waals surface area (Å²) in [5.41, 5.74) is 0. The van der Waals surface area contributed by atoms with E-state index < -0.39 is 0 Å². The minimum Gasteiger partial charge on any atom is -0.360 e. The number of rotatable bonds is 4. The number of hydrogen-bond acceptors (Lipinski definition) is 5. The molecule has 0 bridgehead atoms. The van der Waals surface area contributed by atoms with Crippen LogP contribution in [0.15, 0.2) is 10.6 Å². The molecule has 1 aliphatic rings. The quantitative estimate of drug-likeness (QED) is 0.689. The summed E-state index contributed by atoms with van der Waals surface area (Å²) in [4.78, 5) is 23.1. The molecule has 1 aromatic rings. The molecule has 2 rings (SSSR count). The van der Waals surface area contributed by atoms with Gasteiger partial charge in [-0.05, 0) is 26.3 Å². The number of anilines is 1. The van der Waals surface area contributed by atoms with Crippen molar-refractivity contribution in [1.29, 1.82) is 0 Å². The summed E-state index contributed by atoms with van der Waals surface area (Å²) in [6.07, 6.45) is 1.80. The fourth-order valence-corrected chi connectivity index (χ4v) is 1.81. The Hall–Kier alpha value is -1.89. The van der Waals surface area contributed by atoms with E-state index >= 15 is 0 Å². The molecular formula is C11H16N4O3. The lowest BCUT2D eigenvalue weighted by molar-refractivity contribution is -0.125. The lowest BCUT2D eigenvalue weighted by Crippen LogP contribution is -2.43. The first kappa shape index (κ1) is 12.6. The number of nitrogens with one attached hydrogen (secondary N) is 3. The van der Waals surface area contributed by atoms with Crippen molar-refractivity contribution < 1.29 is 14.1 Å². The van der Waals surface area contributed by atoms with Gasteiger partial charge in [0, 0.05) is 6.07 Å². The van der Waals surface area contributed by atoms with Crippen molar-refractivity contribution in [1.82, 2.24) is 15.8 Å². The van der Waals surface area contributed by atoms with Crippen LogP contribution in [0.3, 0.4) is 0 Å². The zero-order valence-electron chi connectivity index (χ0n) is 10.2. The molecule has 2 amide bonds. The van der Waals surface area contributed by atoms with Gasteiger partial charge in [0.15, 0.2) is 5.82 Å². The van der Waals surface area contributed by atoms with Crippen LogP contribution in [0.4, 0.5) is 5.82 Å². The van der Waals surface area contributed by atoms with Crippen LogP contribution in [0.5, 0.6) is 0 Å². The SMILES string of the molecule is Cc1cc(NC(=O)CNC(=O)[C@@H]2CCCN2)no1. The fraction of sp³-hybridized carbons (Fsp3) is 0.545. The second-order valence-corrected chi connectivity index (χ2v) is 4.24. The lowest BCUT2D eigenvalue weighted by atomic mass is 10.2. The average molecular weight is 252 g/mol. The molecule has 1 atom stereocenters. The number of nitrogens with zero attached hydrogens (tertiary/aromatic N) is 1. The number of carbonyl (C=O) groups excluding carboxylic acids is 2. The normalized spacial score (nSPS) is 18.6. The Morgan fingerprint density at radius 1 is 1.61 bits per heavy atom. The Morgan fingerprint density at radius 3 is 3.06 bits per heavy atom. The maximum Gasteiger partial charge on any atom is 0.245 e. The average Bonchev–Trinajstić information content (AvgIpc) is 2.97. The lowest BCUT2D eigenvalue weighted by Gasteiger charge is -2.10. The van der Waals surface area contributed by atoms with E-state index in [1.54, 1.807) is 13.0 Å².